The number of hydrogen-bond donors (Lipinski definition) is 0. The fraction of sp³-hybridized carbons (Fsp3) is 0. The zero-order valence-corrected chi connectivity index (χ0v) is 7.54. The van der Waals surface area contributed by atoms with Crippen molar-refractivity contribution >= 4 is 33.2 Å². The molecule has 11 heavy (non-hydrogen) atoms. The first-order valence-corrected chi connectivity index (χ1v) is 3.96. The van der Waals surface area contributed by atoms with Crippen LogP contribution >= 0.6 is 27.5 Å². The van der Waals surface area contributed by atoms with E-state index in [-0.39, 0.29) is 0 Å². The average Bonchev–Trinajstić information content (AvgIpc) is 2.45. The minimum atomic E-state index is 0.353. The van der Waals surface area contributed by atoms with Gasteiger partial charge in [-0.15, -0.1) is 10.2 Å². The molecule has 0 unspecified atom stereocenters. The highest BCUT2D eigenvalue weighted by Gasteiger charge is 2.03. The topological polar surface area (TPSA) is 43.1 Å². The van der Waals surface area contributed by atoms with Crippen LogP contribution in [0.1, 0.15) is 0 Å². The number of fused-ring (bicyclic) bond motifs is 1. The van der Waals surface area contributed by atoms with E-state index in [9.17, 15) is 0 Å². The van der Waals surface area contributed by atoms with Gasteiger partial charge in [-0.1, -0.05) is 11.6 Å². The minimum absolute atomic E-state index is 0.353. The predicted octanol–water partition coefficient (Wildman–Crippen LogP) is 1.54. The van der Waals surface area contributed by atoms with E-state index in [0.29, 0.717) is 10.8 Å². The van der Waals surface area contributed by atoms with Crippen LogP contribution in [0.15, 0.2) is 17.1 Å². The molecule has 0 amide bonds. The molecule has 0 saturated carbocycles. The molecule has 0 bridgehead atoms. The number of halogens is 2. The van der Waals surface area contributed by atoms with Gasteiger partial charge in [0.1, 0.15) is 10.9 Å². The maximum atomic E-state index is 5.72. The molecule has 2 rings (SSSR count). The van der Waals surface area contributed by atoms with Gasteiger partial charge in [0, 0.05) is 0 Å². The summed E-state index contributed by atoms with van der Waals surface area (Å²) in [5, 5.41) is 7.80. The molecule has 0 N–H and O–H groups in total. The molecule has 56 valence electrons. The third-order valence-electron chi connectivity index (χ3n) is 1.25. The van der Waals surface area contributed by atoms with Gasteiger partial charge in [0.05, 0.1) is 6.20 Å². The summed E-state index contributed by atoms with van der Waals surface area (Å²) in [6, 6.07) is 0. The molecule has 0 fully saturated rings. The number of hydrogen-bond acceptors (Lipinski definition) is 3. The highest BCUT2D eigenvalue weighted by molar-refractivity contribution is 9.10. The van der Waals surface area contributed by atoms with Gasteiger partial charge in [0.2, 0.25) is 0 Å². The van der Waals surface area contributed by atoms with Gasteiger partial charge < -0.3 is 0 Å². The third-order valence-corrected chi connectivity index (χ3v) is 2.10. The van der Waals surface area contributed by atoms with Crippen LogP contribution in [0.3, 0.4) is 0 Å². The van der Waals surface area contributed by atoms with Crippen molar-refractivity contribution in [1.82, 2.24) is 19.6 Å². The van der Waals surface area contributed by atoms with Gasteiger partial charge in [-0.2, -0.15) is 0 Å². The van der Waals surface area contributed by atoms with Crippen molar-refractivity contribution in [3.05, 3.63) is 22.3 Å². The third kappa shape index (κ3) is 1.00. The zero-order chi connectivity index (χ0) is 7.84. The van der Waals surface area contributed by atoms with Crippen molar-refractivity contribution in [1.29, 1.82) is 0 Å². The quantitative estimate of drug-likeness (QED) is 0.693. The largest absolute Gasteiger partial charge is 0.271 e. The summed E-state index contributed by atoms with van der Waals surface area (Å²) in [5.41, 5.74) is 0.557. The standard InChI is InChI=1S/C5H2BrClN4/c6-3-1-8-4(7)5-10-9-2-11(3)5/h1-2H. The summed E-state index contributed by atoms with van der Waals surface area (Å²) in [6.45, 7) is 0. The van der Waals surface area contributed by atoms with E-state index in [1.165, 1.54) is 0 Å². The number of rotatable bonds is 0. The van der Waals surface area contributed by atoms with Crippen LogP contribution in [0.2, 0.25) is 5.15 Å². The van der Waals surface area contributed by atoms with E-state index in [4.69, 9.17) is 11.6 Å². The smallest absolute Gasteiger partial charge is 0.199 e. The van der Waals surface area contributed by atoms with Crippen LogP contribution in [-0.4, -0.2) is 19.6 Å². The lowest BCUT2D eigenvalue weighted by Crippen LogP contribution is -1.88. The Labute approximate surface area is 75.3 Å². The van der Waals surface area contributed by atoms with Crippen molar-refractivity contribution in [2.45, 2.75) is 0 Å². The zero-order valence-electron chi connectivity index (χ0n) is 5.20. The predicted molar refractivity (Wildman–Crippen MR) is 43.5 cm³/mol. The van der Waals surface area contributed by atoms with Gasteiger partial charge in [-0.3, -0.25) is 4.40 Å². The minimum Gasteiger partial charge on any atom is -0.271 e. The van der Waals surface area contributed by atoms with E-state index in [1.807, 2.05) is 0 Å². The average molecular weight is 233 g/mol. The summed E-state index contributed by atoms with van der Waals surface area (Å²) in [4.78, 5) is 3.87. The van der Waals surface area contributed by atoms with Crippen LogP contribution in [0, 0.1) is 0 Å². The lowest BCUT2D eigenvalue weighted by molar-refractivity contribution is 1.08. The molecule has 0 aliphatic carbocycles. The molecule has 0 radical (unpaired) electrons. The fourth-order valence-corrected chi connectivity index (χ4v) is 1.30. The van der Waals surface area contributed by atoms with Crippen LogP contribution < -0.4 is 0 Å². The van der Waals surface area contributed by atoms with E-state index in [2.05, 4.69) is 31.1 Å². The Bertz CT molecular complexity index is 362. The van der Waals surface area contributed by atoms with Crippen LogP contribution in [-0.2, 0) is 0 Å². The molecule has 2 heterocycles. The van der Waals surface area contributed by atoms with Crippen LogP contribution in [0.4, 0.5) is 0 Å². The monoisotopic (exact) mass is 232 g/mol. The summed E-state index contributed by atoms with van der Waals surface area (Å²) in [6.07, 6.45) is 3.16. The molecule has 0 aromatic carbocycles. The Morgan fingerprint density at radius 3 is 3.09 bits per heavy atom. The van der Waals surface area contributed by atoms with E-state index in [1.54, 1.807) is 16.9 Å². The molecule has 0 atom stereocenters. The Morgan fingerprint density at radius 1 is 1.55 bits per heavy atom. The maximum Gasteiger partial charge on any atom is 0.199 e. The molecule has 0 aliphatic rings. The van der Waals surface area contributed by atoms with Gasteiger partial charge in [-0.05, 0) is 15.9 Å². The highest BCUT2D eigenvalue weighted by atomic mass is 79.9. The molecule has 2 aromatic rings. The first kappa shape index (κ1) is 7.00. The summed E-state index contributed by atoms with van der Waals surface area (Å²) < 4.78 is 2.48. The van der Waals surface area contributed by atoms with Crippen molar-refractivity contribution in [2.75, 3.05) is 0 Å². The Morgan fingerprint density at radius 2 is 2.36 bits per heavy atom. The SMILES string of the molecule is Clc1ncc(Br)n2cnnc12. The van der Waals surface area contributed by atoms with E-state index in [0.717, 1.165) is 4.60 Å². The Kier molecular flexibility index (Phi) is 1.54. The Balaban J connectivity index is 2.96. The molecule has 0 saturated heterocycles. The maximum absolute atomic E-state index is 5.72. The molecular formula is C5H2BrClN4. The second kappa shape index (κ2) is 2.42. The number of aromatic nitrogens is 4. The first-order chi connectivity index (χ1) is 5.29. The Hall–Kier alpha value is -0.680. The second-order valence-electron chi connectivity index (χ2n) is 1.90. The van der Waals surface area contributed by atoms with Crippen molar-refractivity contribution in [2.24, 2.45) is 0 Å². The molecule has 4 nitrogen and oxygen atoms in total. The molecule has 0 spiro atoms. The lowest BCUT2D eigenvalue weighted by Gasteiger charge is -1.95. The summed E-state index contributed by atoms with van der Waals surface area (Å²) >= 11 is 8.99. The highest BCUT2D eigenvalue weighted by Crippen LogP contribution is 2.16. The first-order valence-electron chi connectivity index (χ1n) is 2.79. The lowest BCUT2D eigenvalue weighted by atomic mass is 10.7. The van der Waals surface area contributed by atoms with E-state index >= 15 is 0 Å². The van der Waals surface area contributed by atoms with Crippen LogP contribution in [0.25, 0.3) is 5.65 Å². The molecule has 0 aliphatic heterocycles. The van der Waals surface area contributed by atoms with Gasteiger partial charge >= 0.3 is 0 Å². The molecule has 6 heteroatoms. The van der Waals surface area contributed by atoms with Gasteiger partial charge in [-0.25, -0.2) is 4.98 Å². The molecular weight excluding hydrogens is 231 g/mol. The van der Waals surface area contributed by atoms with Gasteiger partial charge in [0.15, 0.2) is 10.8 Å². The second-order valence-corrected chi connectivity index (χ2v) is 3.07. The van der Waals surface area contributed by atoms with Crippen molar-refractivity contribution in [3.8, 4) is 0 Å². The number of nitrogens with zero attached hydrogens (tertiary/aromatic N) is 4. The van der Waals surface area contributed by atoms with Gasteiger partial charge in [0.25, 0.3) is 0 Å². The van der Waals surface area contributed by atoms with Crippen LogP contribution in [0.5, 0.6) is 0 Å². The normalized spacial score (nSPS) is 10.7. The van der Waals surface area contributed by atoms with Crippen molar-refractivity contribution in [3.63, 3.8) is 0 Å². The summed E-state index contributed by atoms with van der Waals surface area (Å²) in [7, 11) is 0. The van der Waals surface area contributed by atoms with Crippen molar-refractivity contribution < 1.29 is 0 Å². The molecule has 2 aromatic heterocycles. The summed E-state index contributed by atoms with van der Waals surface area (Å²) in [5.74, 6) is 0. The van der Waals surface area contributed by atoms with E-state index < -0.39 is 0 Å². The fourth-order valence-electron chi connectivity index (χ4n) is 0.762.